The highest BCUT2D eigenvalue weighted by Gasteiger charge is 2.14. The zero-order valence-electron chi connectivity index (χ0n) is 19.2. The fraction of sp³-hybridized carbons (Fsp3) is 0.200. The summed E-state index contributed by atoms with van der Waals surface area (Å²) in [5.41, 5.74) is 2.55. The molecule has 0 aliphatic heterocycles. The summed E-state index contributed by atoms with van der Waals surface area (Å²) in [6, 6.07) is 17.1. The second-order valence-electron chi connectivity index (χ2n) is 7.53. The van der Waals surface area contributed by atoms with Gasteiger partial charge >= 0.3 is 0 Å². The van der Waals surface area contributed by atoms with Gasteiger partial charge in [0.15, 0.2) is 17.3 Å². The molecule has 0 aliphatic rings. The number of benzene rings is 2. The van der Waals surface area contributed by atoms with E-state index in [1.54, 1.807) is 19.4 Å². The Kier molecular flexibility index (Phi) is 10.3. The molecule has 7 nitrogen and oxygen atoms in total. The smallest absolute Gasteiger partial charge is 0.188 e. The number of methoxy groups -OCH3 is 1. The number of aromatic nitrogens is 3. The lowest BCUT2D eigenvalue weighted by Gasteiger charge is -2.20. The largest absolute Gasteiger partial charge is 0.495 e. The van der Waals surface area contributed by atoms with Gasteiger partial charge < -0.3 is 15.0 Å². The third-order valence-corrected chi connectivity index (χ3v) is 5.64. The van der Waals surface area contributed by atoms with Gasteiger partial charge in [-0.3, -0.25) is 4.98 Å². The van der Waals surface area contributed by atoms with Crippen LogP contribution >= 0.6 is 36.4 Å². The maximum atomic E-state index is 7.41. The van der Waals surface area contributed by atoms with Crippen molar-refractivity contribution in [3.8, 4) is 5.75 Å². The molecule has 0 spiro atoms. The Bertz CT molecular complexity index is 1310. The molecule has 0 amide bonds. The molecule has 0 saturated heterocycles. The lowest BCUT2D eigenvalue weighted by atomic mass is 10.1. The molecule has 2 aromatic carbocycles. The fourth-order valence-corrected chi connectivity index (χ4v) is 3.83. The SMILES string of the molecule is Cl.Cl.[C-]#[N+]c1ccc2c(N(C)CCc3ccccn3)nnc(NCc3ccc(OC)c(Cl)c3)c2c1. The highest BCUT2D eigenvalue weighted by molar-refractivity contribution is 6.32. The van der Waals surface area contributed by atoms with Crippen molar-refractivity contribution in [3.05, 3.63) is 88.5 Å². The molecule has 4 rings (SSSR count). The Labute approximate surface area is 222 Å². The Hall–Kier alpha value is -3.31. The number of halogens is 3. The molecule has 0 unspecified atom stereocenters. The van der Waals surface area contributed by atoms with Crippen molar-refractivity contribution in [2.45, 2.75) is 13.0 Å². The Morgan fingerprint density at radius 3 is 2.57 bits per heavy atom. The van der Waals surface area contributed by atoms with Crippen molar-refractivity contribution >= 4 is 64.5 Å². The topological polar surface area (TPSA) is 67.5 Å². The summed E-state index contributed by atoms with van der Waals surface area (Å²) in [6.07, 6.45) is 2.59. The summed E-state index contributed by atoms with van der Waals surface area (Å²) >= 11 is 6.25. The maximum absolute atomic E-state index is 7.41. The van der Waals surface area contributed by atoms with Crippen LogP contribution in [0.3, 0.4) is 0 Å². The lowest BCUT2D eigenvalue weighted by Crippen LogP contribution is -2.22. The predicted octanol–water partition coefficient (Wildman–Crippen LogP) is 6.37. The normalized spacial score (nSPS) is 10.0. The van der Waals surface area contributed by atoms with Crippen molar-refractivity contribution in [1.82, 2.24) is 15.2 Å². The number of pyridine rings is 1. The summed E-state index contributed by atoms with van der Waals surface area (Å²) < 4.78 is 5.22. The molecule has 0 radical (unpaired) electrons. The molecule has 2 heterocycles. The van der Waals surface area contributed by atoms with Crippen molar-refractivity contribution < 1.29 is 4.74 Å². The van der Waals surface area contributed by atoms with Gasteiger partial charge in [0.25, 0.3) is 0 Å². The fourth-order valence-electron chi connectivity index (χ4n) is 3.55. The molecule has 10 heteroatoms. The molecule has 0 bridgehead atoms. The summed E-state index contributed by atoms with van der Waals surface area (Å²) in [5, 5.41) is 14.6. The van der Waals surface area contributed by atoms with Gasteiger partial charge in [-0.15, -0.1) is 35.0 Å². The second kappa shape index (κ2) is 13.0. The van der Waals surface area contributed by atoms with E-state index >= 15 is 0 Å². The zero-order chi connectivity index (χ0) is 23.2. The number of anilines is 2. The van der Waals surface area contributed by atoms with Crippen LogP contribution in [0, 0.1) is 6.57 Å². The molecular weight excluding hydrogens is 507 g/mol. The Balaban J connectivity index is 0.00000216. The van der Waals surface area contributed by atoms with Crippen LogP contribution in [0.15, 0.2) is 60.8 Å². The van der Waals surface area contributed by atoms with Crippen molar-refractivity contribution in [2.75, 3.05) is 30.9 Å². The van der Waals surface area contributed by atoms with Gasteiger partial charge in [-0.25, -0.2) is 4.85 Å². The molecular formula is C25H25Cl3N6O. The molecule has 0 aliphatic carbocycles. The minimum atomic E-state index is 0. The van der Waals surface area contributed by atoms with Crippen molar-refractivity contribution in [3.63, 3.8) is 0 Å². The third kappa shape index (κ3) is 6.64. The van der Waals surface area contributed by atoms with E-state index in [1.807, 2.05) is 55.6 Å². The highest BCUT2D eigenvalue weighted by atomic mass is 35.5. The first kappa shape index (κ1) is 27.9. The van der Waals surface area contributed by atoms with Gasteiger partial charge in [0.1, 0.15) is 5.75 Å². The van der Waals surface area contributed by atoms with E-state index in [9.17, 15) is 0 Å². The third-order valence-electron chi connectivity index (χ3n) is 5.34. The molecule has 0 saturated carbocycles. The van der Waals surface area contributed by atoms with Crippen LogP contribution in [0.1, 0.15) is 11.3 Å². The molecule has 0 fully saturated rings. The van der Waals surface area contributed by atoms with Crippen molar-refractivity contribution in [2.24, 2.45) is 0 Å². The highest BCUT2D eigenvalue weighted by Crippen LogP contribution is 2.32. The van der Waals surface area contributed by atoms with Crippen molar-refractivity contribution in [1.29, 1.82) is 0 Å². The molecule has 2 aromatic heterocycles. The Morgan fingerprint density at radius 1 is 1.06 bits per heavy atom. The van der Waals surface area contributed by atoms with E-state index in [1.165, 1.54) is 0 Å². The van der Waals surface area contributed by atoms with Crippen LogP contribution in [0.2, 0.25) is 5.02 Å². The summed E-state index contributed by atoms with van der Waals surface area (Å²) in [6.45, 7) is 8.66. The van der Waals surface area contributed by atoms with Crippen LogP contribution in [-0.4, -0.2) is 35.9 Å². The number of nitrogens with one attached hydrogen (secondary N) is 1. The first-order valence-corrected chi connectivity index (χ1v) is 10.8. The lowest BCUT2D eigenvalue weighted by molar-refractivity contribution is 0.415. The number of rotatable bonds is 8. The van der Waals surface area contributed by atoms with Crippen LogP contribution in [-0.2, 0) is 13.0 Å². The first-order valence-electron chi connectivity index (χ1n) is 10.4. The van der Waals surface area contributed by atoms with E-state index in [0.717, 1.165) is 40.8 Å². The minimum absolute atomic E-state index is 0. The molecule has 35 heavy (non-hydrogen) atoms. The molecule has 4 aromatic rings. The number of ether oxygens (including phenoxy) is 1. The van der Waals surface area contributed by atoms with Gasteiger partial charge in [0.2, 0.25) is 0 Å². The number of fused-ring (bicyclic) bond motifs is 1. The Morgan fingerprint density at radius 2 is 1.89 bits per heavy atom. The van der Waals surface area contributed by atoms with Crippen LogP contribution in [0.25, 0.3) is 15.6 Å². The van der Waals surface area contributed by atoms with Gasteiger partial charge in [0, 0.05) is 49.2 Å². The van der Waals surface area contributed by atoms with Gasteiger partial charge in [0.05, 0.1) is 18.7 Å². The quantitative estimate of drug-likeness (QED) is 0.266. The summed E-state index contributed by atoms with van der Waals surface area (Å²) in [5.74, 6) is 2.00. The average molecular weight is 532 g/mol. The second-order valence-corrected chi connectivity index (χ2v) is 7.94. The molecule has 182 valence electrons. The van der Waals surface area contributed by atoms with E-state index in [4.69, 9.17) is 22.9 Å². The average Bonchev–Trinajstić information content (AvgIpc) is 2.86. The van der Waals surface area contributed by atoms with E-state index in [0.29, 0.717) is 28.8 Å². The van der Waals surface area contributed by atoms with Gasteiger partial charge in [-0.05, 0) is 35.9 Å². The number of hydrogen-bond donors (Lipinski definition) is 1. The number of nitrogens with zero attached hydrogens (tertiary/aromatic N) is 5. The van der Waals surface area contributed by atoms with E-state index < -0.39 is 0 Å². The number of likely N-dealkylation sites (N-methyl/N-ethyl adjacent to an activating group) is 1. The van der Waals surface area contributed by atoms with Crippen LogP contribution in [0.4, 0.5) is 17.3 Å². The van der Waals surface area contributed by atoms with E-state index in [-0.39, 0.29) is 24.8 Å². The minimum Gasteiger partial charge on any atom is -0.495 e. The van der Waals surface area contributed by atoms with E-state index in [2.05, 4.69) is 30.2 Å². The summed E-state index contributed by atoms with van der Waals surface area (Å²) in [7, 11) is 3.58. The van der Waals surface area contributed by atoms with Crippen LogP contribution < -0.4 is 15.0 Å². The first-order chi connectivity index (χ1) is 16.1. The van der Waals surface area contributed by atoms with Crippen LogP contribution in [0.5, 0.6) is 5.75 Å². The monoisotopic (exact) mass is 530 g/mol. The predicted molar refractivity (Wildman–Crippen MR) is 147 cm³/mol. The molecule has 0 atom stereocenters. The summed E-state index contributed by atoms with van der Waals surface area (Å²) in [4.78, 5) is 10.0. The molecule has 1 N–H and O–H groups in total. The van der Waals surface area contributed by atoms with Gasteiger partial charge in [-0.1, -0.05) is 35.9 Å². The zero-order valence-corrected chi connectivity index (χ0v) is 21.6. The standard InChI is InChI=1S/C25H23ClN6O.2ClH/c1-27-19-8-9-20-21(15-19)24(29-16-17-7-10-23(33-3)22(26)14-17)30-31-25(20)32(2)13-11-18-6-4-5-12-28-18;;/h4-10,12,14-15H,11,13,16H2,2-3H3,(H,29,30);2*1H. The number of hydrogen-bond acceptors (Lipinski definition) is 6. The van der Waals surface area contributed by atoms with Gasteiger partial charge in [-0.2, -0.15) is 0 Å². The maximum Gasteiger partial charge on any atom is 0.188 e.